The Kier molecular flexibility index (Phi) is 4.53. The molecule has 1 heterocycles. The SMILES string of the molecule is FC(F)(F)CCOCc1cncc(Br)c1. The molecule has 84 valence electrons. The van der Waals surface area contributed by atoms with Crippen LogP contribution in [0.2, 0.25) is 0 Å². The molecule has 0 fully saturated rings. The highest BCUT2D eigenvalue weighted by atomic mass is 79.9. The summed E-state index contributed by atoms with van der Waals surface area (Å²) in [5.41, 5.74) is 0.742. The largest absolute Gasteiger partial charge is 0.391 e. The molecule has 0 saturated carbocycles. The van der Waals surface area contributed by atoms with E-state index in [1.807, 2.05) is 0 Å². The van der Waals surface area contributed by atoms with Crippen LogP contribution in [0.4, 0.5) is 13.2 Å². The zero-order chi connectivity index (χ0) is 11.3. The molecule has 0 aromatic carbocycles. The number of hydrogen-bond acceptors (Lipinski definition) is 2. The van der Waals surface area contributed by atoms with Crippen LogP contribution >= 0.6 is 15.9 Å². The van der Waals surface area contributed by atoms with E-state index in [0.717, 1.165) is 10.0 Å². The van der Waals surface area contributed by atoms with Crippen molar-refractivity contribution in [1.29, 1.82) is 0 Å². The molecular formula is C9H9BrF3NO. The van der Waals surface area contributed by atoms with Gasteiger partial charge in [0.2, 0.25) is 0 Å². The number of rotatable bonds is 4. The average Bonchev–Trinajstić information content (AvgIpc) is 2.11. The molecule has 1 aromatic rings. The summed E-state index contributed by atoms with van der Waals surface area (Å²) < 4.78 is 40.9. The predicted molar refractivity (Wildman–Crippen MR) is 52.3 cm³/mol. The highest BCUT2D eigenvalue weighted by molar-refractivity contribution is 9.10. The van der Waals surface area contributed by atoms with Crippen molar-refractivity contribution in [2.45, 2.75) is 19.2 Å². The van der Waals surface area contributed by atoms with Crippen LogP contribution in [0.1, 0.15) is 12.0 Å². The van der Waals surface area contributed by atoms with Crippen LogP contribution in [0.15, 0.2) is 22.9 Å². The summed E-state index contributed by atoms with van der Waals surface area (Å²) in [6, 6.07) is 1.75. The lowest BCUT2D eigenvalue weighted by Crippen LogP contribution is -2.11. The Morgan fingerprint density at radius 3 is 2.67 bits per heavy atom. The standard InChI is InChI=1S/C9H9BrF3NO/c10-8-3-7(4-14-5-8)6-15-2-1-9(11,12)13/h3-5H,1-2,6H2. The third-order valence-electron chi connectivity index (χ3n) is 1.56. The number of nitrogens with zero attached hydrogens (tertiary/aromatic N) is 1. The Labute approximate surface area is 93.6 Å². The molecule has 0 radical (unpaired) electrons. The summed E-state index contributed by atoms with van der Waals surface area (Å²) in [5, 5.41) is 0. The monoisotopic (exact) mass is 283 g/mol. The molecule has 0 aliphatic rings. The Morgan fingerprint density at radius 1 is 1.33 bits per heavy atom. The summed E-state index contributed by atoms with van der Waals surface area (Å²) in [7, 11) is 0. The van der Waals surface area contributed by atoms with Crippen LogP contribution in [0.5, 0.6) is 0 Å². The molecule has 0 aliphatic heterocycles. The lowest BCUT2D eigenvalue weighted by atomic mass is 10.3. The molecular weight excluding hydrogens is 275 g/mol. The van der Waals surface area contributed by atoms with E-state index in [-0.39, 0.29) is 13.2 Å². The van der Waals surface area contributed by atoms with Gasteiger partial charge in [0, 0.05) is 16.9 Å². The number of halogens is 4. The summed E-state index contributed by atoms with van der Waals surface area (Å²) in [6.45, 7) is -0.182. The summed E-state index contributed by atoms with van der Waals surface area (Å²) >= 11 is 3.20. The van der Waals surface area contributed by atoms with E-state index in [9.17, 15) is 13.2 Å². The number of pyridine rings is 1. The molecule has 15 heavy (non-hydrogen) atoms. The van der Waals surface area contributed by atoms with E-state index in [0.29, 0.717) is 0 Å². The van der Waals surface area contributed by atoms with Gasteiger partial charge in [-0.3, -0.25) is 4.98 Å². The number of aromatic nitrogens is 1. The van der Waals surface area contributed by atoms with Gasteiger partial charge in [0.25, 0.3) is 0 Å². The van der Waals surface area contributed by atoms with Gasteiger partial charge >= 0.3 is 6.18 Å². The van der Waals surface area contributed by atoms with Crippen molar-refractivity contribution in [2.75, 3.05) is 6.61 Å². The molecule has 0 bridgehead atoms. The quantitative estimate of drug-likeness (QED) is 0.791. The van der Waals surface area contributed by atoms with Crippen molar-refractivity contribution < 1.29 is 17.9 Å². The van der Waals surface area contributed by atoms with Gasteiger partial charge in [0.05, 0.1) is 19.6 Å². The second-order valence-electron chi connectivity index (χ2n) is 2.93. The molecule has 0 saturated heterocycles. The fraction of sp³-hybridized carbons (Fsp3) is 0.444. The molecule has 0 unspecified atom stereocenters. The van der Waals surface area contributed by atoms with Crippen molar-refractivity contribution in [3.63, 3.8) is 0 Å². The minimum Gasteiger partial charge on any atom is -0.376 e. The molecule has 0 aliphatic carbocycles. The lowest BCUT2D eigenvalue weighted by Gasteiger charge is -2.07. The minimum atomic E-state index is -4.16. The first-order valence-electron chi connectivity index (χ1n) is 4.21. The van der Waals surface area contributed by atoms with Crippen molar-refractivity contribution in [2.24, 2.45) is 0 Å². The second kappa shape index (κ2) is 5.46. The molecule has 2 nitrogen and oxygen atoms in total. The van der Waals surface area contributed by atoms with Crippen LogP contribution in [0.3, 0.4) is 0 Å². The van der Waals surface area contributed by atoms with Crippen molar-refractivity contribution in [3.8, 4) is 0 Å². The zero-order valence-corrected chi connectivity index (χ0v) is 9.31. The van der Waals surface area contributed by atoms with E-state index in [2.05, 4.69) is 20.9 Å². The maximum Gasteiger partial charge on any atom is 0.391 e. The number of hydrogen-bond donors (Lipinski definition) is 0. The van der Waals surface area contributed by atoms with Crippen LogP contribution in [-0.4, -0.2) is 17.8 Å². The number of alkyl halides is 3. The van der Waals surface area contributed by atoms with Crippen LogP contribution in [0.25, 0.3) is 0 Å². The van der Waals surface area contributed by atoms with Crippen LogP contribution in [-0.2, 0) is 11.3 Å². The normalized spacial score (nSPS) is 11.7. The van der Waals surface area contributed by atoms with E-state index >= 15 is 0 Å². The van der Waals surface area contributed by atoms with Crippen LogP contribution in [0, 0.1) is 0 Å². The minimum absolute atomic E-state index is 0.141. The van der Waals surface area contributed by atoms with Crippen LogP contribution < -0.4 is 0 Å². The van der Waals surface area contributed by atoms with Gasteiger partial charge in [-0.15, -0.1) is 0 Å². The predicted octanol–water partition coefficient (Wildman–Crippen LogP) is 3.31. The van der Waals surface area contributed by atoms with Gasteiger partial charge in [-0.2, -0.15) is 13.2 Å². The highest BCUT2D eigenvalue weighted by Gasteiger charge is 2.26. The maximum atomic E-state index is 11.7. The van der Waals surface area contributed by atoms with E-state index in [1.54, 1.807) is 18.5 Å². The number of ether oxygens (including phenoxy) is 1. The maximum absolute atomic E-state index is 11.7. The Bertz CT molecular complexity index is 316. The third-order valence-corrected chi connectivity index (χ3v) is 1.99. The average molecular weight is 284 g/mol. The van der Waals surface area contributed by atoms with Gasteiger partial charge in [-0.1, -0.05) is 0 Å². The Morgan fingerprint density at radius 2 is 2.07 bits per heavy atom. The van der Waals surface area contributed by atoms with Gasteiger partial charge in [-0.25, -0.2) is 0 Å². The first-order chi connectivity index (χ1) is 6.97. The molecule has 0 atom stereocenters. The molecule has 0 amide bonds. The molecule has 1 aromatic heterocycles. The zero-order valence-electron chi connectivity index (χ0n) is 7.72. The van der Waals surface area contributed by atoms with Gasteiger partial charge in [0.15, 0.2) is 0 Å². The van der Waals surface area contributed by atoms with E-state index in [4.69, 9.17) is 4.74 Å². The summed E-state index contributed by atoms with van der Waals surface area (Å²) in [4.78, 5) is 3.86. The topological polar surface area (TPSA) is 22.1 Å². The van der Waals surface area contributed by atoms with Gasteiger partial charge in [-0.05, 0) is 27.6 Å². The third kappa shape index (κ3) is 5.74. The first-order valence-corrected chi connectivity index (χ1v) is 5.00. The van der Waals surface area contributed by atoms with E-state index in [1.165, 1.54) is 0 Å². The smallest absolute Gasteiger partial charge is 0.376 e. The van der Waals surface area contributed by atoms with Crippen molar-refractivity contribution >= 4 is 15.9 Å². The lowest BCUT2D eigenvalue weighted by molar-refractivity contribution is -0.146. The van der Waals surface area contributed by atoms with Gasteiger partial charge < -0.3 is 4.74 Å². The molecule has 0 spiro atoms. The van der Waals surface area contributed by atoms with Crippen molar-refractivity contribution in [3.05, 3.63) is 28.5 Å². The summed E-state index contributed by atoms with van der Waals surface area (Å²) in [6.07, 6.45) is -1.93. The van der Waals surface area contributed by atoms with E-state index < -0.39 is 12.6 Å². The fourth-order valence-electron chi connectivity index (χ4n) is 0.913. The Hall–Kier alpha value is -0.620. The van der Waals surface area contributed by atoms with Crippen molar-refractivity contribution in [1.82, 2.24) is 4.98 Å². The molecule has 6 heteroatoms. The fourth-order valence-corrected chi connectivity index (χ4v) is 1.32. The first kappa shape index (κ1) is 12.4. The molecule has 1 rings (SSSR count). The second-order valence-corrected chi connectivity index (χ2v) is 3.84. The highest BCUT2D eigenvalue weighted by Crippen LogP contribution is 2.19. The summed E-state index contributed by atoms with van der Waals surface area (Å²) in [5.74, 6) is 0. The van der Waals surface area contributed by atoms with Gasteiger partial charge in [0.1, 0.15) is 0 Å². The Balaban J connectivity index is 2.26. The molecule has 0 N–H and O–H groups in total.